The largest absolute Gasteiger partial charge is 0.445 e. The van der Waals surface area contributed by atoms with Gasteiger partial charge >= 0.3 is 6.09 Å². The van der Waals surface area contributed by atoms with Crippen LogP contribution in [0.2, 0.25) is 0 Å². The minimum Gasteiger partial charge on any atom is -0.445 e. The summed E-state index contributed by atoms with van der Waals surface area (Å²) in [5, 5.41) is 0. The second-order valence-electron chi connectivity index (χ2n) is 5.91. The van der Waals surface area contributed by atoms with Crippen LogP contribution in [0.25, 0.3) is 0 Å². The van der Waals surface area contributed by atoms with E-state index in [1.165, 1.54) is 0 Å². The molecule has 2 atom stereocenters. The van der Waals surface area contributed by atoms with Crippen LogP contribution >= 0.6 is 0 Å². The van der Waals surface area contributed by atoms with E-state index in [0.717, 1.165) is 31.2 Å². The molecular formula is C17H21NO3. The first-order chi connectivity index (χ1) is 10.3. The maximum absolute atomic E-state index is 12.3. The van der Waals surface area contributed by atoms with Crippen LogP contribution in [-0.4, -0.2) is 29.4 Å². The monoisotopic (exact) mass is 287 g/mol. The van der Waals surface area contributed by atoms with E-state index in [-0.39, 0.29) is 18.1 Å². The number of hydrogen-bond acceptors (Lipinski definition) is 3. The van der Waals surface area contributed by atoms with Gasteiger partial charge in [0, 0.05) is 24.9 Å². The summed E-state index contributed by atoms with van der Waals surface area (Å²) in [7, 11) is 0. The van der Waals surface area contributed by atoms with E-state index in [1.807, 2.05) is 30.3 Å². The van der Waals surface area contributed by atoms with Gasteiger partial charge in [0.2, 0.25) is 0 Å². The summed E-state index contributed by atoms with van der Waals surface area (Å²) in [4.78, 5) is 26.0. The zero-order chi connectivity index (χ0) is 14.7. The van der Waals surface area contributed by atoms with Crippen LogP contribution in [0.15, 0.2) is 30.3 Å². The number of Topliss-reactive ketones (excluding diaryl/α,β-unsaturated/α-hetero) is 1. The molecular weight excluding hydrogens is 266 g/mol. The molecule has 1 amide bonds. The van der Waals surface area contributed by atoms with Crippen LogP contribution in [0.5, 0.6) is 0 Å². The molecule has 1 aromatic rings. The van der Waals surface area contributed by atoms with E-state index in [1.54, 1.807) is 4.90 Å². The van der Waals surface area contributed by atoms with Crippen molar-refractivity contribution in [1.29, 1.82) is 0 Å². The fourth-order valence-corrected chi connectivity index (χ4v) is 3.49. The van der Waals surface area contributed by atoms with Crippen molar-refractivity contribution in [2.24, 2.45) is 5.92 Å². The van der Waals surface area contributed by atoms with Crippen LogP contribution in [0, 0.1) is 5.92 Å². The van der Waals surface area contributed by atoms with Crippen molar-refractivity contribution in [3.63, 3.8) is 0 Å². The molecule has 1 aromatic carbocycles. The minimum atomic E-state index is -0.277. The van der Waals surface area contributed by atoms with E-state index in [4.69, 9.17) is 4.74 Å². The lowest BCUT2D eigenvalue weighted by Crippen LogP contribution is -2.41. The standard InChI is InChI=1S/C17H21NO3/c19-16-10-4-8-14(16)15-9-5-11-18(15)17(20)21-12-13-6-2-1-3-7-13/h1-3,6-7,14-15H,4-5,8-12H2. The molecule has 0 N–H and O–H groups in total. The Hall–Kier alpha value is -1.84. The highest BCUT2D eigenvalue weighted by atomic mass is 16.6. The Bertz CT molecular complexity index is 514. The number of likely N-dealkylation sites (tertiary alicyclic amines) is 1. The van der Waals surface area contributed by atoms with Gasteiger partial charge in [0.25, 0.3) is 0 Å². The number of carbonyl (C=O) groups is 2. The Morgan fingerprint density at radius 1 is 1.19 bits per heavy atom. The zero-order valence-corrected chi connectivity index (χ0v) is 12.2. The van der Waals surface area contributed by atoms with E-state index in [9.17, 15) is 9.59 Å². The Morgan fingerprint density at radius 3 is 2.71 bits per heavy atom. The average molecular weight is 287 g/mol. The van der Waals surface area contributed by atoms with E-state index in [2.05, 4.69) is 0 Å². The van der Waals surface area contributed by atoms with Crippen molar-refractivity contribution >= 4 is 11.9 Å². The van der Waals surface area contributed by atoms with Gasteiger partial charge in [-0.25, -0.2) is 4.79 Å². The van der Waals surface area contributed by atoms with Crippen LogP contribution in [0.4, 0.5) is 4.79 Å². The number of carbonyl (C=O) groups excluding carboxylic acids is 2. The minimum absolute atomic E-state index is 0.0387. The molecule has 21 heavy (non-hydrogen) atoms. The number of nitrogens with zero attached hydrogens (tertiary/aromatic N) is 1. The summed E-state index contributed by atoms with van der Waals surface area (Å²) in [6.45, 7) is 1.00. The highest BCUT2D eigenvalue weighted by Gasteiger charge is 2.40. The number of ether oxygens (including phenoxy) is 1. The second-order valence-corrected chi connectivity index (χ2v) is 5.91. The van der Waals surface area contributed by atoms with Gasteiger partial charge in [-0.1, -0.05) is 30.3 Å². The first-order valence-electron chi connectivity index (χ1n) is 7.76. The van der Waals surface area contributed by atoms with Crippen molar-refractivity contribution in [2.45, 2.75) is 44.8 Å². The third kappa shape index (κ3) is 3.09. The normalized spacial score (nSPS) is 25.3. The molecule has 4 nitrogen and oxygen atoms in total. The molecule has 1 saturated heterocycles. The van der Waals surface area contributed by atoms with Crippen LogP contribution in [0.3, 0.4) is 0 Å². The Kier molecular flexibility index (Phi) is 4.23. The lowest BCUT2D eigenvalue weighted by atomic mass is 9.95. The topological polar surface area (TPSA) is 46.6 Å². The SMILES string of the molecule is O=C1CCCC1C1CCCN1C(=O)OCc1ccccc1. The van der Waals surface area contributed by atoms with Crippen molar-refractivity contribution in [3.8, 4) is 0 Å². The Balaban J connectivity index is 1.59. The summed E-state index contributed by atoms with van der Waals surface area (Å²) in [5.41, 5.74) is 0.985. The molecule has 0 radical (unpaired) electrons. The molecule has 2 fully saturated rings. The number of hydrogen-bond donors (Lipinski definition) is 0. The van der Waals surface area contributed by atoms with Gasteiger partial charge in [-0.2, -0.15) is 0 Å². The van der Waals surface area contributed by atoms with Gasteiger partial charge in [0.1, 0.15) is 12.4 Å². The second kappa shape index (κ2) is 6.29. The van der Waals surface area contributed by atoms with Gasteiger partial charge in [0.05, 0.1) is 0 Å². The molecule has 0 bridgehead atoms. The maximum Gasteiger partial charge on any atom is 0.410 e. The lowest BCUT2D eigenvalue weighted by Gasteiger charge is -2.27. The number of ketones is 1. The van der Waals surface area contributed by atoms with Gasteiger partial charge in [-0.05, 0) is 31.2 Å². The Morgan fingerprint density at radius 2 is 2.00 bits per heavy atom. The predicted octanol–water partition coefficient (Wildman–Crippen LogP) is 3.16. The van der Waals surface area contributed by atoms with E-state index < -0.39 is 0 Å². The molecule has 112 valence electrons. The van der Waals surface area contributed by atoms with Gasteiger partial charge in [-0.3, -0.25) is 4.79 Å². The molecule has 2 aliphatic rings. The summed E-state index contributed by atoms with van der Waals surface area (Å²) < 4.78 is 5.41. The predicted molar refractivity (Wildman–Crippen MR) is 78.7 cm³/mol. The van der Waals surface area contributed by atoms with Crippen molar-refractivity contribution in [2.75, 3.05) is 6.54 Å². The van der Waals surface area contributed by atoms with Crippen molar-refractivity contribution in [1.82, 2.24) is 4.90 Å². The summed E-state index contributed by atoms with van der Waals surface area (Å²) in [5.74, 6) is 0.361. The quantitative estimate of drug-likeness (QED) is 0.858. The molecule has 1 aliphatic heterocycles. The molecule has 3 rings (SSSR count). The fourth-order valence-electron chi connectivity index (χ4n) is 3.49. The lowest BCUT2D eigenvalue weighted by molar-refractivity contribution is -0.122. The van der Waals surface area contributed by atoms with E-state index in [0.29, 0.717) is 25.4 Å². The molecule has 4 heteroatoms. The van der Waals surface area contributed by atoms with Gasteiger partial charge < -0.3 is 9.64 Å². The third-order valence-corrected chi connectivity index (χ3v) is 4.56. The first-order valence-corrected chi connectivity index (χ1v) is 7.76. The molecule has 1 heterocycles. The molecule has 1 aliphatic carbocycles. The molecule has 0 spiro atoms. The van der Waals surface area contributed by atoms with E-state index >= 15 is 0 Å². The van der Waals surface area contributed by atoms with Crippen LogP contribution in [0.1, 0.15) is 37.7 Å². The highest BCUT2D eigenvalue weighted by molar-refractivity contribution is 5.84. The first kappa shape index (κ1) is 14.1. The third-order valence-electron chi connectivity index (χ3n) is 4.56. The summed E-state index contributed by atoms with van der Waals surface area (Å²) in [6.07, 6.45) is 4.18. The fraction of sp³-hybridized carbons (Fsp3) is 0.529. The van der Waals surface area contributed by atoms with Crippen LogP contribution < -0.4 is 0 Å². The van der Waals surface area contributed by atoms with Gasteiger partial charge in [-0.15, -0.1) is 0 Å². The molecule has 1 saturated carbocycles. The smallest absolute Gasteiger partial charge is 0.410 e. The zero-order valence-electron chi connectivity index (χ0n) is 12.2. The Labute approximate surface area is 125 Å². The number of benzene rings is 1. The summed E-state index contributed by atoms with van der Waals surface area (Å²) in [6, 6.07) is 9.74. The average Bonchev–Trinajstić information content (AvgIpc) is 3.14. The highest BCUT2D eigenvalue weighted by Crippen LogP contribution is 2.33. The summed E-state index contributed by atoms with van der Waals surface area (Å²) >= 11 is 0. The van der Waals surface area contributed by atoms with Crippen LogP contribution in [-0.2, 0) is 16.1 Å². The maximum atomic E-state index is 12.3. The molecule has 2 unspecified atom stereocenters. The number of rotatable bonds is 3. The van der Waals surface area contributed by atoms with Crippen molar-refractivity contribution in [3.05, 3.63) is 35.9 Å². The number of amides is 1. The van der Waals surface area contributed by atoms with Gasteiger partial charge in [0.15, 0.2) is 0 Å². The molecule has 0 aromatic heterocycles. The van der Waals surface area contributed by atoms with Crippen molar-refractivity contribution < 1.29 is 14.3 Å².